The normalized spacial score (nSPS) is 27.9. The minimum absolute atomic E-state index is 0.634. The molecule has 2 aliphatic heterocycles. The Balaban J connectivity index is 1.66. The van der Waals surface area contributed by atoms with Crippen LogP contribution in [0.15, 0.2) is 42.7 Å². The van der Waals surface area contributed by atoms with Gasteiger partial charge >= 0.3 is 0 Å². The molecule has 2 fully saturated rings. The van der Waals surface area contributed by atoms with E-state index in [1.54, 1.807) is 0 Å². The van der Waals surface area contributed by atoms with Gasteiger partial charge in [0.25, 0.3) is 0 Å². The fourth-order valence-corrected chi connectivity index (χ4v) is 3.69. The number of pyridine rings is 1. The lowest BCUT2D eigenvalue weighted by Crippen LogP contribution is -2.21. The van der Waals surface area contributed by atoms with E-state index in [1.807, 2.05) is 24.5 Å². The van der Waals surface area contributed by atoms with E-state index in [4.69, 9.17) is 5.73 Å². The van der Waals surface area contributed by atoms with E-state index in [0.717, 1.165) is 11.7 Å². The molecule has 3 N–H and O–H groups in total. The van der Waals surface area contributed by atoms with Crippen LogP contribution in [0.1, 0.15) is 30.7 Å². The zero-order chi connectivity index (χ0) is 13.5. The van der Waals surface area contributed by atoms with Crippen molar-refractivity contribution >= 4 is 5.69 Å². The van der Waals surface area contributed by atoms with E-state index in [0.29, 0.717) is 12.0 Å². The van der Waals surface area contributed by atoms with Crippen LogP contribution in [0, 0.1) is 0 Å². The van der Waals surface area contributed by atoms with Crippen LogP contribution < -0.4 is 11.1 Å². The van der Waals surface area contributed by atoms with Crippen LogP contribution in [0.25, 0.3) is 11.1 Å². The molecule has 2 saturated heterocycles. The number of nitrogens with one attached hydrogen (secondary N) is 1. The molecule has 0 aliphatic carbocycles. The summed E-state index contributed by atoms with van der Waals surface area (Å²) in [6.45, 7) is 0. The Hall–Kier alpha value is -1.87. The minimum atomic E-state index is 0.634. The van der Waals surface area contributed by atoms with Gasteiger partial charge in [-0.05, 0) is 48.6 Å². The van der Waals surface area contributed by atoms with Crippen molar-refractivity contribution in [3.8, 4) is 11.1 Å². The number of nitrogens with two attached hydrogens (primary N) is 1. The Bertz CT molecular complexity index is 620. The van der Waals surface area contributed by atoms with Gasteiger partial charge < -0.3 is 11.1 Å². The van der Waals surface area contributed by atoms with Crippen LogP contribution in [0.3, 0.4) is 0 Å². The van der Waals surface area contributed by atoms with Gasteiger partial charge in [-0.1, -0.05) is 12.1 Å². The highest BCUT2D eigenvalue weighted by molar-refractivity contribution is 5.65. The molecule has 102 valence electrons. The predicted octanol–water partition coefficient (Wildman–Crippen LogP) is 2.94. The first-order valence-electron chi connectivity index (χ1n) is 7.36. The van der Waals surface area contributed by atoms with Gasteiger partial charge in [0.15, 0.2) is 0 Å². The summed E-state index contributed by atoms with van der Waals surface area (Å²) >= 11 is 0. The molecule has 1 aromatic heterocycles. The summed E-state index contributed by atoms with van der Waals surface area (Å²) in [5.41, 5.74) is 10.3. The molecule has 20 heavy (non-hydrogen) atoms. The van der Waals surface area contributed by atoms with Gasteiger partial charge in [-0.25, -0.2) is 0 Å². The highest BCUT2D eigenvalue weighted by atomic mass is 15.0. The number of nitrogens with zero attached hydrogens (tertiary/aromatic N) is 1. The molecule has 3 heterocycles. The van der Waals surface area contributed by atoms with Gasteiger partial charge in [0.1, 0.15) is 0 Å². The molecule has 3 nitrogen and oxygen atoms in total. The van der Waals surface area contributed by atoms with E-state index in [9.17, 15) is 0 Å². The monoisotopic (exact) mass is 265 g/mol. The summed E-state index contributed by atoms with van der Waals surface area (Å²) < 4.78 is 0. The molecule has 0 spiro atoms. The average Bonchev–Trinajstić information content (AvgIpc) is 3.11. The second kappa shape index (κ2) is 4.60. The third kappa shape index (κ3) is 1.98. The third-order valence-corrected chi connectivity index (χ3v) is 4.73. The molecule has 0 amide bonds. The van der Waals surface area contributed by atoms with Crippen LogP contribution in [-0.4, -0.2) is 17.1 Å². The molecule has 2 aliphatic rings. The molecular weight excluding hydrogens is 246 g/mol. The van der Waals surface area contributed by atoms with Crippen LogP contribution in [0.4, 0.5) is 5.69 Å². The Morgan fingerprint density at radius 2 is 1.90 bits per heavy atom. The van der Waals surface area contributed by atoms with Gasteiger partial charge in [-0.3, -0.25) is 4.98 Å². The summed E-state index contributed by atoms with van der Waals surface area (Å²) in [7, 11) is 0. The third-order valence-electron chi connectivity index (χ3n) is 4.73. The van der Waals surface area contributed by atoms with Crippen molar-refractivity contribution in [3.05, 3.63) is 48.3 Å². The van der Waals surface area contributed by atoms with E-state index in [2.05, 4.69) is 28.5 Å². The number of rotatable bonds is 2. The lowest BCUT2D eigenvalue weighted by molar-refractivity contribution is 0.505. The van der Waals surface area contributed by atoms with Gasteiger partial charge in [-0.15, -0.1) is 0 Å². The molecule has 4 rings (SSSR count). The Morgan fingerprint density at radius 1 is 1.05 bits per heavy atom. The van der Waals surface area contributed by atoms with Crippen molar-refractivity contribution in [2.45, 2.75) is 37.3 Å². The van der Waals surface area contributed by atoms with Gasteiger partial charge in [0, 0.05) is 41.6 Å². The van der Waals surface area contributed by atoms with Gasteiger partial charge in [0.05, 0.1) is 0 Å². The summed E-state index contributed by atoms with van der Waals surface area (Å²) in [5.74, 6) is 0.634. The van der Waals surface area contributed by atoms with Crippen molar-refractivity contribution in [2.24, 2.45) is 0 Å². The fourth-order valence-electron chi connectivity index (χ4n) is 3.69. The number of anilines is 1. The number of aromatic nitrogens is 1. The standard InChI is InChI=1S/C17H19N3/c18-14-3-1-11(2-4-14)12-7-13(10-19-9-12)16-8-15-5-6-17(16)20-15/h1-4,7,9-10,15-17,20H,5-6,8,18H2. The highest BCUT2D eigenvalue weighted by Crippen LogP contribution is 2.40. The molecule has 1 aromatic carbocycles. The lowest BCUT2D eigenvalue weighted by Gasteiger charge is -2.20. The maximum absolute atomic E-state index is 5.75. The second-order valence-corrected chi connectivity index (χ2v) is 6.02. The zero-order valence-corrected chi connectivity index (χ0v) is 11.4. The minimum Gasteiger partial charge on any atom is -0.399 e. The zero-order valence-electron chi connectivity index (χ0n) is 11.4. The summed E-state index contributed by atoms with van der Waals surface area (Å²) in [6, 6.07) is 11.7. The number of nitrogen functional groups attached to an aromatic ring is 1. The Kier molecular flexibility index (Phi) is 2.74. The predicted molar refractivity (Wildman–Crippen MR) is 81.4 cm³/mol. The second-order valence-electron chi connectivity index (χ2n) is 6.02. The smallest absolute Gasteiger partial charge is 0.0346 e. The molecule has 3 atom stereocenters. The number of fused-ring (bicyclic) bond motifs is 2. The Labute approximate surface area is 119 Å². The summed E-state index contributed by atoms with van der Waals surface area (Å²) in [4.78, 5) is 4.45. The van der Waals surface area contributed by atoms with Crippen molar-refractivity contribution in [1.82, 2.24) is 10.3 Å². The number of benzene rings is 1. The first-order chi connectivity index (χ1) is 9.79. The SMILES string of the molecule is Nc1ccc(-c2cncc(C3CC4CCC3N4)c2)cc1. The van der Waals surface area contributed by atoms with Gasteiger partial charge in [-0.2, -0.15) is 0 Å². The maximum Gasteiger partial charge on any atom is 0.0346 e. The lowest BCUT2D eigenvalue weighted by atomic mass is 9.84. The number of hydrogen-bond donors (Lipinski definition) is 2. The Morgan fingerprint density at radius 3 is 2.60 bits per heavy atom. The first-order valence-corrected chi connectivity index (χ1v) is 7.36. The van der Waals surface area contributed by atoms with Crippen molar-refractivity contribution in [3.63, 3.8) is 0 Å². The quantitative estimate of drug-likeness (QED) is 0.821. The molecule has 0 radical (unpaired) electrons. The van der Waals surface area contributed by atoms with E-state index in [-0.39, 0.29) is 0 Å². The van der Waals surface area contributed by atoms with Crippen LogP contribution >= 0.6 is 0 Å². The van der Waals surface area contributed by atoms with E-state index < -0.39 is 0 Å². The van der Waals surface area contributed by atoms with Crippen molar-refractivity contribution in [1.29, 1.82) is 0 Å². The highest BCUT2D eigenvalue weighted by Gasteiger charge is 2.39. The molecular formula is C17H19N3. The maximum atomic E-state index is 5.75. The number of hydrogen-bond acceptors (Lipinski definition) is 3. The molecule has 3 heteroatoms. The van der Waals surface area contributed by atoms with Crippen molar-refractivity contribution in [2.75, 3.05) is 5.73 Å². The molecule has 2 aromatic rings. The molecule has 0 saturated carbocycles. The average molecular weight is 265 g/mol. The van der Waals surface area contributed by atoms with Crippen LogP contribution in [-0.2, 0) is 0 Å². The first kappa shape index (κ1) is 11.9. The summed E-state index contributed by atoms with van der Waals surface area (Å²) in [5, 5.41) is 3.70. The fraction of sp³-hybridized carbons (Fsp3) is 0.353. The molecule has 2 bridgehead atoms. The largest absolute Gasteiger partial charge is 0.399 e. The topological polar surface area (TPSA) is 50.9 Å². The van der Waals surface area contributed by atoms with Crippen molar-refractivity contribution < 1.29 is 0 Å². The van der Waals surface area contributed by atoms with Crippen LogP contribution in [0.2, 0.25) is 0 Å². The van der Waals surface area contributed by atoms with E-state index >= 15 is 0 Å². The van der Waals surface area contributed by atoms with Gasteiger partial charge in [0.2, 0.25) is 0 Å². The van der Waals surface area contributed by atoms with Crippen LogP contribution in [0.5, 0.6) is 0 Å². The van der Waals surface area contributed by atoms with E-state index in [1.165, 1.54) is 36.0 Å². The summed E-state index contributed by atoms with van der Waals surface area (Å²) in [6.07, 6.45) is 7.88. The molecule has 3 unspecified atom stereocenters.